The number of benzene rings is 1. The zero-order chi connectivity index (χ0) is 18.0. The molecule has 0 aromatic heterocycles. The normalized spacial score (nSPS) is 20.1. The zero-order valence-corrected chi connectivity index (χ0v) is 14.3. The smallest absolute Gasteiger partial charge is 0.322 e. The van der Waals surface area contributed by atoms with E-state index in [4.69, 9.17) is 9.47 Å². The molecule has 1 atom stereocenters. The number of amides is 4. The van der Waals surface area contributed by atoms with Gasteiger partial charge in [0, 0.05) is 19.5 Å². The third-order valence-corrected chi connectivity index (χ3v) is 4.55. The van der Waals surface area contributed by atoms with Gasteiger partial charge in [0.15, 0.2) is 11.5 Å². The van der Waals surface area contributed by atoms with Crippen molar-refractivity contribution < 1.29 is 23.9 Å². The summed E-state index contributed by atoms with van der Waals surface area (Å²) in [7, 11) is 3.16. The van der Waals surface area contributed by atoms with E-state index in [0.717, 1.165) is 11.1 Å². The summed E-state index contributed by atoms with van der Waals surface area (Å²) < 4.78 is 10.6. The molecule has 0 bridgehead atoms. The van der Waals surface area contributed by atoms with Crippen molar-refractivity contribution in [2.75, 3.05) is 20.8 Å². The van der Waals surface area contributed by atoms with Crippen molar-refractivity contribution in [1.29, 1.82) is 0 Å². The average Bonchev–Trinajstić information content (AvgIpc) is 2.79. The minimum absolute atomic E-state index is 0.143. The lowest BCUT2D eigenvalue weighted by Crippen LogP contribution is -2.50. The van der Waals surface area contributed by atoms with Crippen LogP contribution in [-0.2, 0) is 22.6 Å². The van der Waals surface area contributed by atoms with Gasteiger partial charge in [-0.15, -0.1) is 0 Å². The van der Waals surface area contributed by atoms with Gasteiger partial charge in [0.1, 0.15) is 6.04 Å². The molecule has 0 spiro atoms. The molecule has 1 aromatic rings. The van der Waals surface area contributed by atoms with Crippen molar-refractivity contribution in [1.82, 2.24) is 15.5 Å². The highest BCUT2D eigenvalue weighted by Crippen LogP contribution is 2.33. The summed E-state index contributed by atoms with van der Waals surface area (Å²) in [6.07, 6.45) is 1.13. The van der Waals surface area contributed by atoms with Crippen LogP contribution in [-0.4, -0.2) is 49.6 Å². The Hall–Kier alpha value is -2.77. The number of nitrogens with one attached hydrogen (secondary N) is 2. The summed E-state index contributed by atoms with van der Waals surface area (Å²) in [4.78, 5) is 37.5. The average molecular weight is 347 g/mol. The lowest BCUT2D eigenvalue weighted by Gasteiger charge is -2.32. The molecule has 2 aliphatic heterocycles. The van der Waals surface area contributed by atoms with Gasteiger partial charge in [0.05, 0.1) is 14.2 Å². The Morgan fingerprint density at radius 3 is 2.48 bits per heavy atom. The Morgan fingerprint density at radius 2 is 1.80 bits per heavy atom. The second-order valence-electron chi connectivity index (χ2n) is 6.10. The van der Waals surface area contributed by atoms with Crippen molar-refractivity contribution in [3.05, 3.63) is 23.3 Å². The molecule has 1 aromatic carbocycles. The van der Waals surface area contributed by atoms with Gasteiger partial charge in [0.2, 0.25) is 11.8 Å². The largest absolute Gasteiger partial charge is 0.493 e. The van der Waals surface area contributed by atoms with Crippen LogP contribution in [0.1, 0.15) is 24.0 Å². The molecular formula is C17H21N3O5. The molecule has 1 unspecified atom stereocenters. The number of hydrogen-bond donors (Lipinski definition) is 2. The van der Waals surface area contributed by atoms with E-state index in [2.05, 4.69) is 10.6 Å². The monoisotopic (exact) mass is 347 g/mol. The Bertz CT molecular complexity index is 718. The zero-order valence-electron chi connectivity index (χ0n) is 14.3. The third kappa shape index (κ3) is 3.52. The number of nitrogens with zero attached hydrogens (tertiary/aromatic N) is 1. The minimum Gasteiger partial charge on any atom is -0.493 e. The lowest BCUT2D eigenvalue weighted by atomic mass is 9.97. The Morgan fingerprint density at radius 1 is 1.12 bits per heavy atom. The Labute approximate surface area is 145 Å². The van der Waals surface area contributed by atoms with E-state index in [1.165, 1.54) is 0 Å². The van der Waals surface area contributed by atoms with Gasteiger partial charge in [-0.3, -0.25) is 14.9 Å². The maximum absolute atomic E-state index is 12.8. The molecule has 2 heterocycles. The summed E-state index contributed by atoms with van der Waals surface area (Å²) >= 11 is 0. The topological polar surface area (TPSA) is 97.0 Å². The fourth-order valence-corrected chi connectivity index (χ4v) is 3.21. The van der Waals surface area contributed by atoms with Crippen LogP contribution in [0.5, 0.6) is 11.5 Å². The predicted molar refractivity (Wildman–Crippen MR) is 88.4 cm³/mol. The van der Waals surface area contributed by atoms with Gasteiger partial charge >= 0.3 is 6.03 Å². The van der Waals surface area contributed by atoms with E-state index in [1.807, 2.05) is 12.1 Å². The van der Waals surface area contributed by atoms with E-state index in [-0.39, 0.29) is 18.2 Å². The van der Waals surface area contributed by atoms with Crippen LogP contribution in [0, 0.1) is 0 Å². The fourth-order valence-electron chi connectivity index (χ4n) is 3.21. The van der Waals surface area contributed by atoms with Crippen LogP contribution in [0.3, 0.4) is 0 Å². The van der Waals surface area contributed by atoms with Crippen molar-refractivity contribution in [2.45, 2.75) is 31.8 Å². The molecule has 2 N–H and O–H groups in total. The van der Waals surface area contributed by atoms with Gasteiger partial charge in [-0.2, -0.15) is 0 Å². The summed E-state index contributed by atoms with van der Waals surface area (Å²) in [5, 5.41) is 4.75. The standard InChI is InChI=1S/C17H21N3O5/c1-24-13-7-10-5-6-20(9-11(10)8-14(13)25-2)16(22)12-3-4-15(21)19-17(23)18-12/h7-8,12H,3-6,9H2,1-2H3,(H2,18,19,21,23). The second-order valence-corrected chi connectivity index (χ2v) is 6.10. The van der Waals surface area contributed by atoms with Gasteiger partial charge in [0.25, 0.3) is 0 Å². The predicted octanol–water partition coefficient (Wildman–Crippen LogP) is 0.577. The van der Waals surface area contributed by atoms with Crippen molar-refractivity contribution >= 4 is 17.8 Å². The first-order valence-corrected chi connectivity index (χ1v) is 8.14. The lowest BCUT2D eigenvalue weighted by molar-refractivity contribution is -0.134. The fraction of sp³-hybridized carbons (Fsp3) is 0.471. The van der Waals surface area contributed by atoms with E-state index >= 15 is 0 Å². The molecule has 0 radical (unpaired) electrons. The van der Waals surface area contributed by atoms with Crippen LogP contribution < -0.4 is 20.1 Å². The number of hydrogen-bond acceptors (Lipinski definition) is 5. The van der Waals surface area contributed by atoms with Crippen LogP contribution in [0.25, 0.3) is 0 Å². The van der Waals surface area contributed by atoms with Gasteiger partial charge in [-0.1, -0.05) is 0 Å². The summed E-state index contributed by atoms with van der Waals surface area (Å²) in [6.45, 7) is 0.983. The quantitative estimate of drug-likeness (QED) is 0.833. The van der Waals surface area contributed by atoms with Crippen LogP contribution in [0.4, 0.5) is 4.79 Å². The molecule has 4 amide bonds. The Balaban J connectivity index is 1.76. The number of imide groups is 1. The molecule has 2 aliphatic rings. The molecule has 8 heteroatoms. The highest BCUT2D eigenvalue weighted by molar-refractivity contribution is 5.98. The van der Waals surface area contributed by atoms with Crippen LogP contribution in [0.2, 0.25) is 0 Å². The van der Waals surface area contributed by atoms with Gasteiger partial charge < -0.3 is 19.7 Å². The molecule has 8 nitrogen and oxygen atoms in total. The number of carbonyl (C=O) groups is 3. The van der Waals surface area contributed by atoms with E-state index in [1.54, 1.807) is 19.1 Å². The molecule has 0 saturated carbocycles. The maximum atomic E-state index is 12.8. The number of methoxy groups -OCH3 is 2. The van der Waals surface area contributed by atoms with Crippen LogP contribution in [0.15, 0.2) is 12.1 Å². The van der Waals surface area contributed by atoms with E-state index in [9.17, 15) is 14.4 Å². The number of rotatable bonds is 3. The molecule has 25 heavy (non-hydrogen) atoms. The van der Waals surface area contributed by atoms with Gasteiger partial charge in [-0.05, 0) is 36.1 Å². The highest BCUT2D eigenvalue weighted by Gasteiger charge is 2.31. The summed E-state index contributed by atoms with van der Waals surface area (Å²) in [5.41, 5.74) is 2.11. The first-order chi connectivity index (χ1) is 12.0. The Kier molecular flexibility index (Phi) is 4.78. The molecular weight excluding hydrogens is 326 g/mol. The number of ether oxygens (including phenoxy) is 2. The number of fused-ring (bicyclic) bond motifs is 1. The molecule has 1 saturated heterocycles. The molecule has 134 valence electrons. The third-order valence-electron chi connectivity index (χ3n) is 4.55. The van der Waals surface area contributed by atoms with Gasteiger partial charge in [-0.25, -0.2) is 4.79 Å². The summed E-state index contributed by atoms with van der Waals surface area (Å²) in [5.74, 6) is 0.744. The molecule has 1 fully saturated rings. The molecule has 0 aliphatic carbocycles. The summed E-state index contributed by atoms with van der Waals surface area (Å²) in [6, 6.07) is 2.51. The van der Waals surface area contributed by atoms with Crippen LogP contribution >= 0.6 is 0 Å². The SMILES string of the molecule is COc1cc2c(cc1OC)CN(C(=O)C1CCC(=O)NC(=O)N1)CC2. The molecule has 3 rings (SSSR count). The minimum atomic E-state index is -0.687. The van der Waals surface area contributed by atoms with E-state index in [0.29, 0.717) is 37.4 Å². The van der Waals surface area contributed by atoms with Crippen molar-refractivity contribution in [3.8, 4) is 11.5 Å². The number of carbonyl (C=O) groups excluding carboxylic acids is 3. The first-order valence-electron chi connectivity index (χ1n) is 8.14. The highest BCUT2D eigenvalue weighted by atomic mass is 16.5. The first kappa shape index (κ1) is 17.1. The van der Waals surface area contributed by atoms with E-state index < -0.39 is 12.1 Å². The second kappa shape index (κ2) is 7.00. The van der Waals surface area contributed by atoms with Crippen molar-refractivity contribution in [3.63, 3.8) is 0 Å². The maximum Gasteiger partial charge on any atom is 0.322 e. The van der Waals surface area contributed by atoms with Crippen molar-refractivity contribution in [2.24, 2.45) is 0 Å². The number of urea groups is 1.